The van der Waals surface area contributed by atoms with E-state index in [1.165, 1.54) is 6.33 Å². The molecule has 0 N–H and O–H groups in total. The number of nitriles is 1. The topological polar surface area (TPSA) is 88.5 Å². The monoisotopic (exact) mass is 241 g/mol. The highest BCUT2D eigenvalue weighted by molar-refractivity contribution is 5.47. The van der Waals surface area contributed by atoms with Crippen molar-refractivity contribution in [1.82, 2.24) is 20.1 Å². The first-order valence-corrected chi connectivity index (χ1v) is 5.64. The molecule has 90 valence electrons. The summed E-state index contributed by atoms with van der Waals surface area (Å²) < 4.78 is 5.24. The van der Waals surface area contributed by atoms with Gasteiger partial charge in [0.15, 0.2) is 0 Å². The first-order valence-electron chi connectivity index (χ1n) is 5.64. The van der Waals surface area contributed by atoms with Gasteiger partial charge < -0.3 is 4.52 Å². The minimum Gasteiger partial charge on any atom is -0.339 e. The molecule has 0 aliphatic heterocycles. The van der Waals surface area contributed by atoms with Crippen LogP contribution in [0.3, 0.4) is 0 Å². The largest absolute Gasteiger partial charge is 0.339 e. The number of hydrogen-bond acceptors (Lipinski definition) is 6. The molecule has 0 saturated heterocycles. The Balaban J connectivity index is 1.91. The van der Waals surface area contributed by atoms with E-state index in [9.17, 15) is 0 Å². The van der Waals surface area contributed by atoms with Crippen LogP contribution in [0, 0.1) is 22.7 Å². The Bertz CT molecular complexity index is 613. The van der Waals surface area contributed by atoms with Gasteiger partial charge in [0.1, 0.15) is 12.0 Å². The average molecular weight is 241 g/mol. The van der Waals surface area contributed by atoms with E-state index in [1.807, 2.05) is 13.8 Å². The van der Waals surface area contributed by atoms with E-state index in [4.69, 9.17) is 9.78 Å². The summed E-state index contributed by atoms with van der Waals surface area (Å²) in [6.45, 7) is 4.06. The summed E-state index contributed by atoms with van der Waals surface area (Å²) >= 11 is 0. The van der Waals surface area contributed by atoms with Gasteiger partial charge in [-0.15, -0.1) is 0 Å². The van der Waals surface area contributed by atoms with Gasteiger partial charge in [-0.2, -0.15) is 10.2 Å². The molecule has 1 aliphatic carbocycles. The van der Waals surface area contributed by atoms with Crippen molar-refractivity contribution in [1.29, 1.82) is 5.26 Å². The SMILES string of the molecule is CC1(C)C(C#N)C1c1nc(-c2ccncn2)no1. The van der Waals surface area contributed by atoms with Gasteiger partial charge in [-0.25, -0.2) is 9.97 Å². The standard InChI is InChI=1S/C12H11N5O/c1-12(2)7(5-13)9(12)11-16-10(17-18-11)8-3-4-14-6-15-8/h3-4,6-7,9H,1-2H3. The molecule has 1 aliphatic rings. The summed E-state index contributed by atoms with van der Waals surface area (Å²) in [7, 11) is 0. The van der Waals surface area contributed by atoms with Gasteiger partial charge in [0.25, 0.3) is 0 Å². The van der Waals surface area contributed by atoms with E-state index < -0.39 is 0 Å². The van der Waals surface area contributed by atoms with Crippen LogP contribution in [0.2, 0.25) is 0 Å². The molecule has 0 radical (unpaired) electrons. The Kier molecular flexibility index (Phi) is 2.17. The van der Waals surface area contributed by atoms with E-state index in [0.717, 1.165) is 0 Å². The zero-order valence-corrected chi connectivity index (χ0v) is 10.0. The number of hydrogen-bond donors (Lipinski definition) is 0. The molecule has 2 heterocycles. The molecule has 2 aromatic heterocycles. The fourth-order valence-corrected chi connectivity index (χ4v) is 2.23. The molecule has 2 atom stereocenters. The maximum Gasteiger partial charge on any atom is 0.232 e. The van der Waals surface area contributed by atoms with Crippen LogP contribution < -0.4 is 0 Å². The number of nitrogens with zero attached hydrogens (tertiary/aromatic N) is 5. The molecule has 0 spiro atoms. The minimum atomic E-state index is -0.0930. The van der Waals surface area contributed by atoms with Gasteiger partial charge in [-0.3, -0.25) is 0 Å². The van der Waals surface area contributed by atoms with Crippen molar-refractivity contribution < 1.29 is 4.52 Å². The third-order valence-corrected chi connectivity index (χ3v) is 3.49. The van der Waals surface area contributed by atoms with E-state index in [-0.39, 0.29) is 17.3 Å². The fourth-order valence-electron chi connectivity index (χ4n) is 2.23. The maximum atomic E-state index is 9.04. The summed E-state index contributed by atoms with van der Waals surface area (Å²) in [6, 6.07) is 3.99. The van der Waals surface area contributed by atoms with Gasteiger partial charge in [0.05, 0.1) is 17.9 Å². The van der Waals surface area contributed by atoms with Crippen molar-refractivity contribution in [3.63, 3.8) is 0 Å². The van der Waals surface area contributed by atoms with Crippen LogP contribution in [0.4, 0.5) is 0 Å². The van der Waals surface area contributed by atoms with Crippen molar-refractivity contribution in [2.75, 3.05) is 0 Å². The molecule has 0 amide bonds. The van der Waals surface area contributed by atoms with Crippen LogP contribution >= 0.6 is 0 Å². The third kappa shape index (κ3) is 1.48. The molecule has 0 bridgehead atoms. The van der Waals surface area contributed by atoms with Crippen LogP contribution in [0.5, 0.6) is 0 Å². The van der Waals surface area contributed by atoms with Crippen LogP contribution in [-0.4, -0.2) is 20.1 Å². The third-order valence-electron chi connectivity index (χ3n) is 3.49. The highest BCUT2D eigenvalue weighted by Gasteiger charge is 2.62. The van der Waals surface area contributed by atoms with Crippen LogP contribution in [-0.2, 0) is 0 Å². The zero-order chi connectivity index (χ0) is 12.8. The zero-order valence-electron chi connectivity index (χ0n) is 10.0. The second-order valence-corrected chi connectivity index (χ2v) is 4.96. The van der Waals surface area contributed by atoms with Crippen molar-refractivity contribution >= 4 is 0 Å². The summed E-state index contributed by atoms with van der Waals surface area (Å²) in [4.78, 5) is 12.2. The molecule has 6 nitrogen and oxygen atoms in total. The highest BCUT2D eigenvalue weighted by atomic mass is 16.5. The number of rotatable bonds is 2. The highest BCUT2D eigenvalue weighted by Crippen LogP contribution is 2.63. The Morgan fingerprint density at radius 1 is 1.44 bits per heavy atom. The quantitative estimate of drug-likeness (QED) is 0.796. The van der Waals surface area contributed by atoms with Crippen molar-refractivity contribution in [3.05, 3.63) is 24.5 Å². The van der Waals surface area contributed by atoms with Crippen molar-refractivity contribution in [2.24, 2.45) is 11.3 Å². The number of aromatic nitrogens is 4. The van der Waals surface area contributed by atoms with E-state index >= 15 is 0 Å². The van der Waals surface area contributed by atoms with Gasteiger partial charge >= 0.3 is 0 Å². The van der Waals surface area contributed by atoms with Gasteiger partial charge in [0, 0.05) is 6.20 Å². The maximum absolute atomic E-state index is 9.04. The first-order chi connectivity index (χ1) is 8.64. The molecule has 0 aromatic carbocycles. The lowest BCUT2D eigenvalue weighted by atomic mass is 10.1. The summed E-state index contributed by atoms with van der Waals surface area (Å²) in [6.07, 6.45) is 3.06. The van der Waals surface area contributed by atoms with Crippen LogP contribution in [0.1, 0.15) is 25.7 Å². The normalized spacial score (nSPS) is 24.5. The van der Waals surface area contributed by atoms with Gasteiger partial charge in [-0.05, 0) is 11.5 Å². The molecule has 18 heavy (non-hydrogen) atoms. The fraction of sp³-hybridized carbons (Fsp3) is 0.417. The molecule has 1 saturated carbocycles. The molecular formula is C12H11N5O. The molecule has 6 heteroatoms. The van der Waals surface area contributed by atoms with Gasteiger partial charge in [0.2, 0.25) is 11.7 Å². The van der Waals surface area contributed by atoms with E-state index in [2.05, 4.69) is 26.2 Å². The lowest BCUT2D eigenvalue weighted by Crippen LogP contribution is -1.91. The van der Waals surface area contributed by atoms with E-state index in [0.29, 0.717) is 17.4 Å². The Hall–Kier alpha value is -2.29. The molecule has 3 rings (SSSR count). The summed E-state index contributed by atoms with van der Waals surface area (Å²) in [5.41, 5.74) is 0.525. The second-order valence-electron chi connectivity index (χ2n) is 4.96. The Labute approximate surface area is 104 Å². The smallest absolute Gasteiger partial charge is 0.232 e. The molecule has 1 fully saturated rings. The summed E-state index contributed by atoms with van der Waals surface area (Å²) in [5, 5.41) is 12.9. The Morgan fingerprint density at radius 3 is 2.89 bits per heavy atom. The predicted molar refractivity (Wildman–Crippen MR) is 60.9 cm³/mol. The predicted octanol–water partition coefficient (Wildman–Crippen LogP) is 1.79. The second kappa shape index (κ2) is 3.60. The molecule has 2 aromatic rings. The Morgan fingerprint density at radius 2 is 2.28 bits per heavy atom. The lowest BCUT2D eigenvalue weighted by molar-refractivity contribution is 0.368. The minimum absolute atomic E-state index is 0.0191. The molecule has 2 unspecified atom stereocenters. The lowest BCUT2D eigenvalue weighted by Gasteiger charge is -1.95. The van der Waals surface area contributed by atoms with E-state index in [1.54, 1.807) is 12.3 Å². The van der Waals surface area contributed by atoms with Crippen LogP contribution in [0.15, 0.2) is 23.1 Å². The average Bonchev–Trinajstić information content (AvgIpc) is 2.77. The van der Waals surface area contributed by atoms with Crippen molar-refractivity contribution in [2.45, 2.75) is 19.8 Å². The van der Waals surface area contributed by atoms with Crippen molar-refractivity contribution in [3.8, 4) is 17.6 Å². The summed E-state index contributed by atoms with van der Waals surface area (Å²) in [5.74, 6) is 0.911. The first kappa shape index (κ1) is 10.8. The van der Waals surface area contributed by atoms with Gasteiger partial charge in [-0.1, -0.05) is 19.0 Å². The molecular weight excluding hydrogens is 230 g/mol. The van der Waals surface area contributed by atoms with Crippen LogP contribution in [0.25, 0.3) is 11.5 Å².